The Morgan fingerprint density at radius 1 is 1.44 bits per heavy atom. The highest BCUT2D eigenvalue weighted by molar-refractivity contribution is 5.91. The number of aliphatic hydroxyl groups is 1. The van der Waals surface area contributed by atoms with Crippen molar-refractivity contribution in [3.05, 3.63) is 24.2 Å². The molecule has 0 spiro atoms. The highest BCUT2D eigenvalue weighted by Gasteiger charge is 2.20. The number of rotatable bonds is 3. The second-order valence-electron chi connectivity index (χ2n) is 4.36. The number of aliphatic hydroxyl groups excluding tert-OH is 1. The Hall–Kier alpha value is -1.29. The summed E-state index contributed by atoms with van der Waals surface area (Å²) in [7, 11) is 0. The normalized spacial score (nSPS) is 25.3. The molecule has 1 heterocycles. The summed E-state index contributed by atoms with van der Waals surface area (Å²) in [5, 5.41) is 12.2. The number of hydrogen-bond acceptors (Lipinski definition) is 3. The summed E-state index contributed by atoms with van der Waals surface area (Å²) in [5.74, 6) is 0.689. The van der Waals surface area contributed by atoms with E-state index in [1.165, 1.54) is 6.26 Å². The van der Waals surface area contributed by atoms with Crippen LogP contribution in [0.2, 0.25) is 0 Å². The molecule has 1 aliphatic carbocycles. The smallest absolute Gasteiger partial charge is 0.286 e. The fraction of sp³-hybridized carbons (Fsp3) is 0.583. The lowest BCUT2D eigenvalue weighted by Crippen LogP contribution is -2.31. The average molecular weight is 223 g/mol. The summed E-state index contributed by atoms with van der Waals surface area (Å²) in [5.41, 5.74) is 0. The van der Waals surface area contributed by atoms with Crippen molar-refractivity contribution in [1.29, 1.82) is 0 Å². The van der Waals surface area contributed by atoms with Gasteiger partial charge in [-0.05, 0) is 43.7 Å². The molecule has 0 radical (unpaired) electrons. The van der Waals surface area contributed by atoms with Crippen molar-refractivity contribution >= 4 is 5.91 Å². The van der Waals surface area contributed by atoms with Crippen LogP contribution in [0.3, 0.4) is 0 Å². The molecule has 2 rings (SSSR count). The van der Waals surface area contributed by atoms with Gasteiger partial charge in [-0.1, -0.05) is 0 Å². The fourth-order valence-corrected chi connectivity index (χ4v) is 2.08. The summed E-state index contributed by atoms with van der Waals surface area (Å²) in [4.78, 5) is 11.6. The van der Waals surface area contributed by atoms with Crippen molar-refractivity contribution in [3.8, 4) is 0 Å². The Labute approximate surface area is 94.6 Å². The Bertz CT molecular complexity index is 326. The van der Waals surface area contributed by atoms with Gasteiger partial charge in [0, 0.05) is 6.54 Å². The zero-order chi connectivity index (χ0) is 11.4. The van der Waals surface area contributed by atoms with Crippen LogP contribution in [-0.2, 0) is 0 Å². The van der Waals surface area contributed by atoms with Crippen molar-refractivity contribution in [3.63, 3.8) is 0 Å². The number of nitrogens with one attached hydrogen (secondary N) is 1. The molecule has 1 saturated carbocycles. The second kappa shape index (κ2) is 5.16. The molecule has 0 aromatic carbocycles. The monoisotopic (exact) mass is 223 g/mol. The van der Waals surface area contributed by atoms with E-state index in [1.807, 2.05) is 0 Å². The molecule has 1 aromatic heterocycles. The van der Waals surface area contributed by atoms with E-state index in [0.717, 1.165) is 25.7 Å². The number of carbonyl (C=O) groups is 1. The van der Waals surface area contributed by atoms with E-state index in [0.29, 0.717) is 18.2 Å². The van der Waals surface area contributed by atoms with E-state index < -0.39 is 0 Å². The van der Waals surface area contributed by atoms with Gasteiger partial charge in [0.2, 0.25) is 0 Å². The van der Waals surface area contributed by atoms with Crippen molar-refractivity contribution in [2.45, 2.75) is 31.8 Å². The minimum absolute atomic E-state index is 0.142. The van der Waals surface area contributed by atoms with Crippen LogP contribution >= 0.6 is 0 Å². The topological polar surface area (TPSA) is 62.5 Å². The molecule has 4 nitrogen and oxygen atoms in total. The van der Waals surface area contributed by atoms with Crippen LogP contribution in [0.4, 0.5) is 0 Å². The molecule has 0 unspecified atom stereocenters. The van der Waals surface area contributed by atoms with Gasteiger partial charge < -0.3 is 14.8 Å². The highest BCUT2D eigenvalue weighted by Crippen LogP contribution is 2.23. The van der Waals surface area contributed by atoms with Gasteiger partial charge in [0.25, 0.3) is 5.91 Å². The van der Waals surface area contributed by atoms with Gasteiger partial charge in [0.05, 0.1) is 12.4 Å². The first-order chi connectivity index (χ1) is 7.75. The van der Waals surface area contributed by atoms with Crippen LogP contribution in [0.15, 0.2) is 22.8 Å². The first kappa shape index (κ1) is 11.2. The summed E-state index contributed by atoms with van der Waals surface area (Å²) < 4.78 is 5.00. The lowest BCUT2D eigenvalue weighted by Gasteiger charge is -2.25. The van der Waals surface area contributed by atoms with E-state index in [2.05, 4.69) is 5.32 Å². The Morgan fingerprint density at radius 2 is 2.19 bits per heavy atom. The number of carbonyl (C=O) groups excluding carboxylic acids is 1. The first-order valence-electron chi connectivity index (χ1n) is 5.75. The predicted octanol–water partition coefficient (Wildman–Crippen LogP) is 1.56. The first-order valence-corrected chi connectivity index (χ1v) is 5.75. The molecular formula is C12H17NO3. The van der Waals surface area contributed by atoms with Crippen molar-refractivity contribution in [1.82, 2.24) is 5.32 Å². The molecule has 4 heteroatoms. The Balaban J connectivity index is 1.73. The fourth-order valence-electron chi connectivity index (χ4n) is 2.08. The minimum Gasteiger partial charge on any atom is -0.459 e. The zero-order valence-electron chi connectivity index (χ0n) is 9.19. The van der Waals surface area contributed by atoms with Gasteiger partial charge in [-0.2, -0.15) is 0 Å². The zero-order valence-corrected chi connectivity index (χ0v) is 9.19. The minimum atomic E-state index is -0.156. The largest absolute Gasteiger partial charge is 0.459 e. The molecule has 1 aliphatic rings. The molecule has 16 heavy (non-hydrogen) atoms. The molecule has 0 atom stereocenters. The molecule has 0 bridgehead atoms. The predicted molar refractivity (Wildman–Crippen MR) is 59.0 cm³/mol. The third-order valence-corrected chi connectivity index (χ3v) is 3.11. The number of hydrogen-bond donors (Lipinski definition) is 2. The van der Waals surface area contributed by atoms with Crippen LogP contribution in [0, 0.1) is 5.92 Å². The number of amides is 1. The molecule has 0 aliphatic heterocycles. The summed E-state index contributed by atoms with van der Waals surface area (Å²) in [6, 6.07) is 3.35. The lowest BCUT2D eigenvalue weighted by atomic mass is 9.87. The van der Waals surface area contributed by atoms with Gasteiger partial charge in [0.15, 0.2) is 5.76 Å². The summed E-state index contributed by atoms with van der Waals surface area (Å²) in [6.07, 6.45) is 5.02. The molecule has 0 saturated heterocycles. The molecule has 88 valence electrons. The van der Waals surface area contributed by atoms with Crippen LogP contribution < -0.4 is 5.32 Å². The Kier molecular flexibility index (Phi) is 3.62. The van der Waals surface area contributed by atoms with E-state index in [9.17, 15) is 9.90 Å². The third-order valence-electron chi connectivity index (χ3n) is 3.11. The van der Waals surface area contributed by atoms with Crippen molar-refractivity contribution in [2.24, 2.45) is 5.92 Å². The van der Waals surface area contributed by atoms with E-state index in [-0.39, 0.29) is 12.0 Å². The molecule has 1 aromatic rings. The van der Waals surface area contributed by atoms with Gasteiger partial charge in [-0.25, -0.2) is 0 Å². The quantitative estimate of drug-likeness (QED) is 0.817. The highest BCUT2D eigenvalue weighted by atomic mass is 16.3. The van der Waals surface area contributed by atoms with Crippen LogP contribution in [0.5, 0.6) is 0 Å². The van der Waals surface area contributed by atoms with Gasteiger partial charge in [-0.3, -0.25) is 4.79 Å². The van der Waals surface area contributed by atoms with Gasteiger partial charge in [-0.15, -0.1) is 0 Å². The molecular weight excluding hydrogens is 206 g/mol. The molecule has 1 amide bonds. The number of furan rings is 1. The van der Waals surface area contributed by atoms with E-state index in [4.69, 9.17) is 4.42 Å². The summed E-state index contributed by atoms with van der Waals surface area (Å²) in [6.45, 7) is 0.673. The second-order valence-corrected chi connectivity index (χ2v) is 4.36. The maximum atomic E-state index is 11.6. The van der Waals surface area contributed by atoms with Crippen LogP contribution in [-0.4, -0.2) is 23.7 Å². The lowest BCUT2D eigenvalue weighted by molar-refractivity contribution is 0.0886. The average Bonchev–Trinajstić information content (AvgIpc) is 2.81. The van der Waals surface area contributed by atoms with Crippen LogP contribution in [0.1, 0.15) is 36.2 Å². The SMILES string of the molecule is O=C(NCC1CCC(O)CC1)c1ccco1. The van der Waals surface area contributed by atoms with Gasteiger partial charge >= 0.3 is 0 Å². The molecule has 1 fully saturated rings. The standard InChI is InChI=1S/C12H17NO3/c14-10-5-3-9(4-6-10)8-13-12(15)11-2-1-7-16-11/h1-2,7,9-10,14H,3-6,8H2,(H,13,15). The Morgan fingerprint density at radius 3 is 2.81 bits per heavy atom. The van der Waals surface area contributed by atoms with E-state index >= 15 is 0 Å². The molecule has 2 N–H and O–H groups in total. The maximum Gasteiger partial charge on any atom is 0.286 e. The maximum absolute atomic E-state index is 11.6. The van der Waals surface area contributed by atoms with Crippen molar-refractivity contribution < 1.29 is 14.3 Å². The van der Waals surface area contributed by atoms with Crippen LogP contribution in [0.25, 0.3) is 0 Å². The third kappa shape index (κ3) is 2.85. The summed E-state index contributed by atoms with van der Waals surface area (Å²) >= 11 is 0. The van der Waals surface area contributed by atoms with E-state index in [1.54, 1.807) is 12.1 Å². The van der Waals surface area contributed by atoms with Crippen molar-refractivity contribution in [2.75, 3.05) is 6.54 Å². The van der Waals surface area contributed by atoms with Gasteiger partial charge in [0.1, 0.15) is 0 Å².